The number of aromatic nitrogens is 2. The number of halogens is 2. The third kappa shape index (κ3) is 2.18. The summed E-state index contributed by atoms with van der Waals surface area (Å²) in [5.74, 6) is 0.698. The second kappa shape index (κ2) is 5.06. The van der Waals surface area contributed by atoms with Gasteiger partial charge < -0.3 is 4.74 Å². The van der Waals surface area contributed by atoms with Crippen molar-refractivity contribution >= 4 is 22.5 Å². The number of methoxy groups -OCH3 is 1. The number of para-hydroxylation sites is 1. The van der Waals surface area contributed by atoms with Crippen LogP contribution < -0.4 is 4.74 Å². The van der Waals surface area contributed by atoms with Gasteiger partial charge in [0.15, 0.2) is 5.82 Å². The summed E-state index contributed by atoms with van der Waals surface area (Å²) in [6, 6.07) is 11.8. The van der Waals surface area contributed by atoms with E-state index in [0.717, 1.165) is 11.3 Å². The summed E-state index contributed by atoms with van der Waals surface area (Å²) in [6.07, 6.45) is 0. The summed E-state index contributed by atoms with van der Waals surface area (Å²) < 4.78 is 18.9. The average molecular weight is 289 g/mol. The van der Waals surface area contributed by atoms with E-state index < -0.39 is 5.82 Å². The predicted molar refractivity (Wildman–Crippen MR) is 76.5 cm³/mol. The molecule has 0 aliphatic carbocycles. The van der Waals surface area contributed by atoms with Gasteiger partial charge in [-0.2, -0.15) is 0 Å². The first-order chi connectivity index (χ1) is 9.69. The fraction of sp³-hybridized carbons (Fsp3) is 0.0667. The summed E-state index contributed by atoms with van der Waals surface area (Å²) in [5.41, 5.74) is 0.969. The number of nitrogens with zero attached hydrogens (tertiary/aromatic N) is 2. The molecule has 0 amide bonds. The van der Waals surface area contributed by atoms with Gasteiger partial charge in [0.2, 0.25) is 0 Å². The zero-order chi connectivity index (χ0) is 14.1. The molecule has 0 fully saturated rings. The number of benzene rings is 2. The molecule has 1 aromatic heterocycles. The molecular formula is C15H10ClFN2O. The Bertz CT molecular complexity index is 775. The first-order valence-corrected chi connectivity index (χ1v) is 6.33. The van der Waals surface area contributed by atoms with Gasteiger partial charge in [0.25, 0.3) is 0 Å². The van der Waals surface area contributed by atoms with Crippen LogP contribution in [0.15, 0.2) is 42.5 Å². The summed E-state index contributed by atoms with van der Waals surface area (Å²) in [6.45, 7) is 0. The molecule has 0 unspecified atom stereocenters. The maximum atomic E-state index is 13.8. The summed E-state index contributed by atoms with van der Waals surface area (Å²) in [4.78, 5) is 8.46. The third-order valence-corrected chi connectivity index (χ3v) is 3.27. The van der Waals surface area contributed by atoms with Crippen LogP contribution in [-0.4, -0.2) is 17.1 Å². The molecule has 0 radical (unpaired) electrons. The fourth-order valence-electron chi connectivity index (χ4n) is 1.95. The molecule has 100 valence electrons. The van der Waals surface area contributed by atoms with Gasteiger partial charge in [0.1, 0.15) is 22.2 Å². The van der Waals surface area contributed by atoms with Gasteiger partial charge in [-0.25, -0.2) is 14.4 Å². The standard InChI is InChI=1S/C15H10ClFN2O/c1-20-10-7-5-9(6-8-10)15-18-13-11(14(16)19-15)3-2-4-12(13)17/h2-8H,1H3. The van der Waals surface area contributed by atoms with E-state index in [1.165, 1.54) is 6.07 Å². The largest absolute Gasteiger partial charge is 0.497 e. The Labute approximate surface area is 120 Å². The van der Waals surface area contributed by atoms with Crippen molar-refractivity contribution in [1.29, 1.82) is 0 Å². The Morgan fingerprint density at radius 1 is 1.05 bits per heavy atom. The van der Waals surface area contributed by atoms with Crippen molar-refractivity contribution < 1.29 is 9.13 Å². The van der Waals surface area contributed by atoms with Crippen molar-refractivity contribution in [3.05, 3.63) is 53.4 Å². The van der Waals surface area contributed by atoms with E-state index in [0.29, 0.717) is 11.2 Å². The quantitative estimate of drug-likeness (QED) is 0.666. The highest BCUT2D eigenvalue weighted by molar-refractivity contribution is 6.34. The molecule has 3 aromatic rings. The summed E-state index contributed by atoms with van der Waals surface area (Å²) in [7, 11) is 1.59. The molecule has 3 nitrogen and oxygen atoms in total. The van der Waals surface area contributed by atoms with Gasteiger partial charge in [0, 0.05) is 10.9 Å². The van der Waals surface area contributed by atoms with Crippen LogP contribution in [0.4, 0.5) is 4.39 Å². The van der Waals surface area contributed by atoms with Crippen LogP contribution in [0.2, 0.25) is 5.15 Å². The Morgan fingerprint density at radius 3 is 2.50 bits per heavy atom. The summed E-state index contributed by atoms with van der Waals surface area (Å²) >= 11 is 6.10. The number of ether oxygens (including phenoxy) is 1. The Kier molecular flexibility index (Phi) is 3.24. The van der Waals surface area contributed by atoms with E-state index in [1.54, 1.807) is 43.5 Å². The molecule has 0 atom stereocenters. The van der Waals surface area contributed by atoms with Crippen molar-refractivity contribution in [1.82, 2.24) is 9.97 Å². The highest BCUT2D eigenvalue weighted by atomic mass is 35.5. The summed E-state index contributed by atoms with van der Waals surface area (Å²) in [5, 5.41) is 0.740. The molecule has 0 aliphatic heterocycles. The lowest BCUT2D eigenvalue weighted by Crippen LogP contribution is -1.94. The number of rotatable bonds is 2. The van der Waals surface area contributed by atoms with Crippen LogP contribution in [0.25, 0.3) is 22.3 Å². The Balaban J connectivity index is 2.18. The minimum atomic E-state index is -0.415. The molecule has 0 aliphatic rings. The lowest BCUT2D eigenvalue weighted by molar-refractivity contribution is 0.415. The van der Waals surface area contributed by atoms with Crippen LogP contribution in [-0.2, 0) is 0 Å². The van der Waals surface area contributed by atoms with E-state index >= 15 is 0 Å². The lowest BCUT2D eigenvalue weighted by atomic mass is 10.2. The van der Waals surface area contributed by atoms with Gasteiger partial charge >= 0.3 is 0 Å². The van der Waals surface area contributed by atoms with Crippen LogP contribution in [0.3, 0.4) is 0 Å². The molecule has 0 bridgehead atoms. The Morgan fingerprint density at radius 2 is 1.80 bits per heavy atom. The molecule has 0 saturated heterocycles. The average Bonchev–Trinajstić information content (AvgIpc) is 2.48. The van der Waals surface area contributed by atoms with Crippen LogP contribution in [0.1, 0.15) is 0 Å². The van der Waals surface area contributed by atoms with E-state index in [-0.39, 0.29) is 10.7 Å². The van der Waals surface area contributed by atoms with E-state index in [2.05, 4.69) is 9.97 Å². The molecule has 3 rings (SSSR count). The maximum absolute atomic E-state index is 13.8. The van der Waals surface area contributed by atoms with Crippen LogP contribution in [0, 0.1) is 5.82 Å². The second-order valence-electron chi connectivity index (χ2n) is 4.20. The van der Waals surface area contributed by atoms with Crippen molar-refractivity contribution in [2.24, 2.45) is 0 Å². The highest BCUT2D eigenvalue weighted by Crippen LogP contribution is 2.27. The smallest absolute Gasteiger partial charge is 0.161 e. The van der Waals surface area contributed by atoms with Gasteiger partial charge in [-0.3, -0.25) is 0 Å². The molecule has 0 N–H and O–H groups in total. The minimum Gasteiger partial charge on any atom is -0.497 e. The molecular weight excluding hydrogens is 279 g/mol. The van der Waals surface area contributed by atoms with Crippen molar-refractivity contribution in [2.45, 2.75) is 0 Å². The SMILES string of the molecule is COc1ccc(-c2nc(Cl)c3cccc(F)c3n2)cc1. The van der Waals surface area contributed by atoms with Crippen molar-refractivity contribution in [2.75, 3.05) is 7.11 Å². The molecule has 1 heterocycles. The van der Waals surface area contributed by atoms with E-state index in [9.17, 15) is 4.39 Å². The van der Waals surface area contributed by atoms with Crippen molar-refractivity contribution in [3.63, 3.8) is 0 Å². The van der Waals surface area contributed by atoms with E-state index in [4.69, 9.17) is 16.3 Å². The highest BCUT2D eigenvalue weighted by Gasteiger charge is 2.11. The normalized spacial score (nSPS) is 10.8. The second-order valence-corrected chi connectivity index (χ2v) is 4.56. The maximum Gasteiger partial charge on any atom is 0.161 e. The number of fused-ring (bicyclic) bond motifs is 1. The molecule has 20 heavy (non-hydrogen) atoms. The van der Waals surface area contributed by atoms with Crippen molar-refractivity contribution in [3.8, 4) is 17.1 Å². The Hall–Kier alpha value is -2.20. The van der Waals surface area contributed by atoms with Crippen LogP contribution in [0.5, 0.6) is 5.75 Å². The minimum absolute atomic E-state index is 0.221. The predicted octanol–water partition coefficient (Wildman–Crippen LogP) is 4.10. The fourth-order valence-corrected chi connectivity index (χ4v) is 2.18. The molecule has 0 spiro atoms. The first kappa shape index (κ1) is 12.8. The first-order valence-electron chi connectivity index (χ1n) is 5.95. The lowest BCUT2D eigenvalue weighted by Gasteiger charge is -2.06. The zero-order valence-corrected chi connectivity index (χ0v) is 11.4. The van der Waals surface area contributed by atoms with Gasteiger partial charge in [-0.15, -0.1) is 0 Å². The third-order valence-electron chi connectivity index (χ3n) is 2.98. The monoisotopic (exact) mass is 288 g/mol. The number of hydrogen-bond donors (Lipinski definition) is 0. The van der Waals surface area contributed by atoms with Gasteiger partial charge in [-0.05, 0) is 36.4 Å². The van der Waals surface area contributed by atoms with Gasteiger partial charge in [-0.1, -0.05) is 17.7 Å². The van der Waals surface area contributed by atoms with Gasteiger partial charge in [0.05, 0.1) is 7.11 Å². The molecule has 2 aromatic carbocycles. The van der Waals surface area contributed by atoms with Crippen LogP contribution >= 0.6 is 11.6 Å². The molecule has 0 saturated carbocycles. The number of hydrogen-bond acceptors (Lipinski definition) is 3. The molecule has 5 heteroatoms. The zero-order valence-electron chi connectivity index (χ0n) is 10.6. The van der Waals surface area contributed by atoms with E-state index in [1.807, 2.05) is 0 Å². The topological polar surface area (TPSA) is 35.0 Å².